The van der Waals surface area contributed by atoms with Gasteiger partial charge >= 0.3 is 0 Å². The molecule has 1 atom stereocenters. The molecule has 2 rings (SSSR count). The van der Waals surface area contributed by atoms with Crippen molar-refractivity contribution < 1.29 is 9.84 Å². The number of aliphatic hydroxyl groups excluding tert-OH is 1. The second kappa shape index (κ2) is 5.72. The van der Waals surface area contributed by atoms with E-state index < -0.39 is 0 Å². The summed E-state index contributed by atoms with van der Waals surface area (Å²) in [6.07, 6.45) is 3.86. The van der Waals surface area contributed by atoms with Gasteiger partial charge in [0.05, 0.1) is 19.3 Å². The highest BCUT2D eigenvalue weighted by Crippen LogP contribution is 2.32. The van der Waals surface area contributed by atoms with Gasteiger partial charge in [-0.05, 0) is 38.2 Å². The minimum Gasteiger partial charge on any atom is -0.493 e. The highest BCUT2D eigenvalue weighted by atomic mass is 16.5. The van der Waals surface area contributed by atoms with E-state index in [2.05, 4.69) is 6.07 Å². The third kappa shape index (κ3) is 2.85. The Kier molecular flexibility index (Phi) is 4.25. The lowest BCUT2D eigenvalue weighted by Gasteiger charge is -2.27. The summed E-state index contributed by atoms with van der Waals surface area (Å²) in [7, 11) is 0. The number of benzene rings is 1. The predicted octanol–water partition coefficient (Wildman–Crippen LogP) is 2.47. The molecule has 1 unspecified atom stereocenters. The molecular formula is C15H23NO2. The van der Waals surface area contributed by atoms with E-state index in [9.17, 15) is 5.11 Å². The third-order valence-corrected chi connectivity index (χ3v) is 3.73. The number of rotatable bonds is 5. The average molecular weight is 249 g/mol. The Hall–Kier alpha value is -1.06. The molecule has 0 saturated heterocycles. The van der Waals surface area contributed by atoms with Crippen LogP contribution in [0.15, 0.2) is 12.1 Å². The Morgan fingerprint density at radius 2 is 2.11 bits per heavy atom. The van der Waals surface area contributed by atoms with Gasteiger partial charge in [0.1, 0.15) is 5.75 Å². The van der Waals surface area contributed by atoms with Crippen molar-refractivity contribution in [3.8, 4) is 5.75 Å². The number of nitrogens with two attached hydrogens (primary N) is 1. The fourth-order valence-corrected chi connectivity index (χ4v) is 2.42. The lowest BCUT2D eigenvalue weighted by Crippen LogP contribution is -2.22. The second-order valence-electron chi connectivity index (χ2n) is 5.40. The van der Waals surface area contributed by atoms with E-state index in [1.165, 1.54) is 19.3 Å². The maximum Gasteiger partial charge on any atom is 0.127 e. The molecule has 100 valence electrons. The lowest BCUT2D eigenvalue weighted by atomic mass is 9.86. The Morgan fingerprint density at radius 3 is 2.67 bits per heavy atom. The molecule has 3 nitrogen and oxygen atoms in total. The fourth-order valence-electron chi connectivity index (χ4n) is 2.42. The van der Waals surface area contributed by atoms with Crippen molar-refractivity contribution in [3.05, 3.63) is 28.8 Å². The molecule has 1 saturated carbocycles. The van der Waals surface area contributed by atoms with Crippen LogP contribution in [-0.2, 0) is 0 Å². The zero-order valence-electron chi connectivity index (χ0n) is 11.3. The summed E-state index contributed by atoms with van der Waals surface area (Å²) < 4.78 is 5.96. The van der Waals surface area contributed by atoms with Crippen LogP contribution in [0.3, 0.4) is 0 Å². The van der Waals surface area contributed by atoms with Gasteiger partial charge in [-0.25, -0.2) is 0 Å². The summed E-state index contributed by atoms with van der Waals surface area (Å²) in [5.41, 5.74) is 9.14. The van der Waals surface area contributed by atoms with Gasteiger partial charge in [-0.3, -0.25) is 0 Å². The summed E-state index contributed by atoms with van der Waals surface area (Å²) in [5.74, 6) is 1.57. The Morgan fingerprint density at radius 1 is 1.39 bits per heavy atom. The highest BCUT2D eigenvalue weighted by Gasteiger charge is 2.20. The molecule has 18 heavy (non-hydrogen) atoms. The van der Waals surface area contributed by atoms with Crippen LogP contribution in [0.25, 0.3) is 0 Å². The smallest absolute Gasteiger partial charge is 0.127 e. The molecule has 3 N–H and O–H groups in total. The summed E-state index contributed by atoms with van der Waals surface area (Å²) in [5, 5.41) is 9.25. The molecule has 0 bridgehead atoms. The molecule has 0 aromatic heterocycles. The number of aryl methyl sites for hydroxylation is 2. The van der Waals surface area contributed by atoms with Crippen molar-refractivity contribution in [1.29, 1.82) is 0 Å². The molecule has 1 fully saturated rings. The van der Waals surface area contributed by atoms with Gasteiger partial charge in [-0.15, -0.1) is 0 Å². The quantitative estimate of drug-likeness (QED) is 0.843. The minimum absolute atomic E-state index is 0.0529. The maximum atomic E-state index is 9.25. The largest absolute Gasteiger partial charge is 0.493 e. The minimum atomic E-state index is -0.361. The zero-order valence-corrected chi connectivity index (χ0v) is 11.3. The van der Waals surface area contributed by atoms with Crippen molar-refractivity contribution in [2.45, 2.75) is 39.2 Å². The molecule has 1 aliphatic rings. The molecule has 1 aromatic carbocycles. The number of aliphatic hydroxyl groups is 1. The van der Waals surface area contributed by atoms with Crippen molar-refractivity contribution >= 4 is 0 Å². The lowest BCUT2D eigenvalue weighted by molar-refractivity contribution is 0.176. The first-order valence-corrected chi connectivity index (χ1v) is 6.72. The van der Waals surface area contributed by atoms with Gasteiger partial charge in [-0.2, -0.15) is 0 Å². The van der Waals surface area contributed by atoms with Crippen LogP contribution < -0.4 is 10.5 Å². The Bertz CT molecular complexity index is 413. The average Bonchev–Trinajstić information content (AvgIpc) is 2.28. The maximum absolute atomic E-state index is 9.25. The van der Waals surface area contributed by atoms with Crippen molar-refractivity contribution in [2.75, 3.05) is 13.2 Å². The zero-order chi connectivity index (χ0) is 13.1. The van der Waals surface area contributed by atoms with Crippen LogP contribution in [0.2, 0.25) is 0 Å². The van der Waals surface area contributed by atoms with Gasteiger partial charge < -0.3 is 15.6 Å². The second-order valence-corrected chi connectivity index (χ2v) is 5.40. The van der Waals surface area contributed by atoms with Crippen LogP contribution in [0.5, 0.6) is 5.75 Å². The van der Waals surface area contributed by atoms with Crippen LogP contribution in [-0.4, -0.2) is 18.3 Å². The number of hydrogen-bond acceptors (Lipinski definition) is 3. The summed E-state index contributed by atoms with van der Waals surface area (Å²) in [6, 6.07) is 3.76. The highest BCUT2D eigenvalue weighted by molar-refractivity contribution is 5.45. The van der Waals surface area contributed by atoms with Crippen LogP contribution in [0.1, 0.15) is 42.0 Å². The van der Waals surface area contributed by atoms with E-state index in [0.717, 1.165) is 29.0 Å². The van der Waals surface area contributed by atoms with Crippen molar-refractivity contribution in [3.63, 3.8) is 0 Å². The van der Waals surface area contributed by atoms with Crippen molar-refractivity contribution in [1.82, 2.24) is 0 Å². The first-order chi connectivity index (χ1) is 8.61. The van der Waals surface area contributed by atoms with E-state index in [1.807, 2.05) is 19.9 Å². The third-order valence-electron chi connectivity index (χ3n) is 3.73. The predicted molar refractivity (Wildman–Crippen MR) is 72.8 cm³/mol. The Balaban J connectivity index is 2.19. The van der Waals surface area contributed by atoms with E-state index in [0.29, 0.717) is 5.92 Å². The number of hydrogen-bond donors (Lipinski definition) is 2. The van der Waals surface area contributed by atoms with Gasteiger partial charge in [0.2, 0.25) is 0 Å². The molecule has 0 heterocycles. The van der Waals surface area contributed by atoms with Gasteiger partial charge in [0.15, 0.2) is 0 Å². The normalized spacial score (nSPS) is 17.3. The molecule has 0 spiro atoms. The molecule has 0 amide bonds. The standard InChI is InChI=1S/C15H23NO2/c1-10-6-11(2)15(13(7-10)14(16)8-17)18-9-12-4-3-5-12/h6-7,12,14,17H,3-5,8-9,16H2,1-2H3. The molecule has 0 aliphatic heterocycles. The molecule has 0 radical (unpaired) electrons. The van der Waals surface area contributed by atoms with Crippen LogP contribution >= 0.6 is 0 Å². The van der Waals surface area contributed by atoms with Gasteiger partial charge in [0, 0.05) is 5.56 Å². The first-order valence-electron chi connectivity index (χ1n) is 6.72. The van der Waals surface area contributed by atoms with Gasteiger partial charge in [-0.1, -0.05) is 24.1 Å². The summed E-state index contributed by atoms with van der Waals surface area (Å²) >= 11 is 0. The Labute approximate surface area is 109 Å². The molecule has 3 heteroatoms. The van der Waals surface area contributed by atoms with Crippen molar-refractivity contribution in [2.24, 2.45) is 11.7 Å². The fraction of sp³-hybridized carbons (Fsp3) is 0.600. The van der Waals surface area contributed by atoms with E-state index in [1.54, 1.807) is 0 Å². The summed E-state index contributed by atoms with van der Waals surface area (Å²) in [6.45, 7) is 4.80. The topological polar surface area (TPSA) is 55.5 Å². The molecular weight excluding hydrogens is 226 g/mol. The SMILES string of the molecule is Cc1cc(C)c(OCC2CCC2)c(C(N)CO)c1. The molecule has 1 aromatic rings. The van der Waals surface area contributed by atoms with Crippen LogP contribution in [0, 0.1) is 19.8 Å². The number of ether oxygens (including phenoxy) is 1. The van der Waals surface area contributed by atoms with E-state index in [4.69, 9.17) is 10.5 Å². The monoisotopic (exact) mass is 249 g/mol. The van der Waals surface area contributed by atoms with Crippen LogP contribution in [0.4, 0.5) is 0 Å². The van der Waals surface area contributed by atoms with E-state index in [-0.39, 0.29) is 12.6 Å². The molecule has 1 aliphatic carbocycles. The van der Waals surface area contributed by atoms with E-state index >= 15 is 0 Å². The first kappa shape index (κ1) is 13.4. The summed E-state index contributed by atoms with van der Waals surface area (Å²) in [4.78, 5) is 0. The van der Waals surface area contributed by atoms with Gasteiger partial charge in [0.25, 0.3) is 0 Å².